The summed E-state index contributed by atoms with van der Waals surface area (Å²) >= 11 is 6.27. The van der Waals surface area contributed by atoms with Gasteiger partial charge >= 0.3 is 0 Å². The van der Waals surface area contributed by atoms with Gasteiger partial charge in [0.2, 0.25) is 0 Å². The highest BCUT2D eigenvalue weighted by Crippen LogP contribution is 2.21. The lowest BCUT2D eigenvalue weighted by molar-refractivity contribution is 0.571. The molecule has 0 fully saturated rings. The van der Waals surface area contributed by atoms with Crippen LogP contribution in [0.15, 0.2) is 0 Å². The van der Waals surface area contributed by atoms with Gasteiger partial charge < -0.3 is 5.32 Å². The molecule has 0 spiro atoms. The van der Waals surface area contributed by atoms with Gasteiger partial charge in [0.05, 0.1) is 22.2 Å². The van der Waals surface area contributed by atoms with Crippen molar-refractivity contribution in [3.63, 3.8) is 0 Å². The van der Waals surface area contributed by atoms with Crippen molar-refractivity contribution in [2.45, 2.75) is 39.8 Å². The minimum atomic E-state index is -2.87. The fourth-order valence-electron chi connectivity index (χ4n) is 1.85. The van der Waals surface area contributed by atoms with Crippen molar-refractivity contribution < 1.29 is 8.42 Å². The number of aryl methyl sites for hydroxylation is 2. The van der Waals surface area contributed by atoms with E-state index in [1.807, 2.05) is 18.5 Å². The van der Waals surface area contributed by atoms with E-state index in [0.717, 1.165) is 29.4 Å². The minimum Gasteiger partial charge on any atom is -0.311 e. The first-order valence-electron chi connectivity index (χ1n) is 6.51. The van der Waals surface area contributed by atoms with Gasteiger partial charge in [0.1, 0.15) is 9.84 Å². The quantitative estimate of drug-likeness (QED) is 0.742. The Bertz CT molecular complexity index is 511. The molecule has 19 heavy (non-hydrogen) atoms. The van der Waals surface area contributed by atoms with E-state index in [1.165, 1.54) is 6.26 Å². The number of hydrogen-bond acceptors (Lipinski definition) is 4. The third-order valence-corrected chi connectivity index (χ3v) is 4.32. The maximum absolute atomic E-state index is 11.0. The number of rotatable bonds is 8. The lowest BCUT2D eigenvalue weighted by Crippen LogP contribution is -2.20. The highest BCUT2D eigenvalue weighted by Gasteiger charge is 2.13. The Kier molecular flexibility index (Phi) is 6.29. The van der Waals surface area contributed by atoms with E-state index in [2.05, 4.69) is 10.4 Å². The summed E-state index contributed by atoms with van der Waals surface area (Å²) in [5, 5.41) is 8.37. The number of nitrogens with zero attached hydrogens (tertiary/aromatic N) is 2. The molecule has 0 unspecified atom stereocenters. The number of hydrogen-bond donors (Lipinski definition) is 1. The molecule has 0 saturated carbocycles. The number of aromatic nitrogens is 2. The van der Waals surface area contributed by atoms with Crippen molar-refractivity contribution >= 4 is 21.4 Å². The molecule has 0 aliphatic carbocycles. The highest BCUT2D eigenvalue weighted by molar-refractivity contribution is 7.90. The van der Waals surface area contributed by atoms with Gasteiger partial charge in [-0.2, -0.15) is 5.10 Å². The lowest BCUT2D eigenvalue weighted by atomic mass is 10.3. The van der Waals surface area contributed by atoms with Gasteiger partial charge in [-0.25, -0.2) is 8.42 Å². The standard InChI is InChI=1S/C12H22ClN3O2S/c1-4-10-12(13)11(16(5-2)15-10)9-14-7-6-8-19(3,17)18/h14H,4-9H2,1-3H3. The van der Waals surface area contributed by atoms with E-state index in [4.69, 9.17) is 11.6 Å². The molecule has 0 aliphatic heterocycles. The average molecular weight is 308 g/mol. The molecule has 0 aliphatic rings. The SMILES string of the molecule is CCc1nn(CC)c(CNCCCS(C)(=O)=O)c1Cl. The molecule has 5 nitrogen and oxygen atoms in total. The molecule has 0 saturated heterocycles. The summed E-state index contributed by atoms with van der Waals surface area (Å²) in [7, 11) is -2.87. The van der Waals surface area contributed by atoms with Crippen LogP contribution in [-0.4, -0.2) is 36.8 Å². The minimum absolute atomic E-state index is 0.209. The zero-order valence-electron chi connectivity index (χ0n) is 11.7. The third kappa shape index (κ3) is 5.12. The normalized spacial score (nSPS) is 12.0. The van der Waals surface area contributed by atoms with Crippen LogP contribution in [-0.2, 0) is 29.3 Å². The van der Waals surface area contributed by atoms with Crippen LogP contribution in [0.2, 0.25) is 5.02 Å². The van der Waals surface area contributed by atoms with Crippen LogP contribution < -0.4 is 5.32 Å². The molecule has 0 bridgehead atoms. The maximum Gasteiger partial charge on any atom is 0.147 e. The zero-order chi connectivity index (χ0) is 14.5. The summed E-state index contributed by atoms with van der Waals surface area (Å²) in [6, 6.07) is 0. The van der Waals surface area contributed by atoms with Crippen LogP contribution in [0.5, 0.6) is 0 Å². The number of nitrogens with one attached hydrogen (secondary N) is 1. The van der Waals surface area contributed by atoms with E-state index in [0.29, 0.717) is 19.5 Å². The Morgan fingerprint density at radius 2 is 2.05 bits per heavy atom. The third-order valence-electron chi connectivity index (χ3n) is 2.86. The smallest absolute Gasteiger partial charge is 0.147 e. The predicted octanol–water partition coefficient (Wildman–Crippen LogP) is 1.64. The van der Waals surface area contributed by atoms with Crippen molar-refractivity contribution in [1.29, 1.82) is 0 Å². The van der Waals surface area contributed by atoms with Crippen molar-refractivity contribution in [3.05, 3.63) is 16.4 Å². The Hall–Kier alpha value is -0.590. The van der Waals surface area contributed by atoms with Gasteiger partial charge in [-0.15, -0.1) is 0 Å². The van der Waals surface area contributed by atoms with Crippen LogP contribution in [0.25, 0.3) is 0 Å². The van der Waals surface area contributed by atoms with Crippen molar-refractivity contribution in [2.24, 2.45) is 0 Å². The topological polar surface area (TPSA) is 64.0 Å². The fourth-order valence-corrected chi connectivity index (χ4v) is 2.86. The summed E-state index contributed by atoms with van der Waals surface area (Å²) in [6.07, 6.45) is 2.67. The molecule has 1 N–H and O–H groups in total. The lowest BCUT2D eigenvalue weighted by Gasteiger charge is -2.07. The second-order valence-corrected chi connectivity index (χ2v) is 7.17. The van der Waals surface area contributed by atoms with Crippen molar-refractivity contribution in [1.82, 2.24) is 15.1 Å². The Morgan fingerprint density at radius 1 is 1.37 bits per heavy atom. The summed E-state index contributed by atoms with van der Waals surface area (Å²) in [5.74, 6) is 0.209. The van der Waals surface area contributed by atoms with E-state index < -0.39 is 9.84 Å². The van der Waals surface area contributed by atoms with Crippen LogP contribution in [0.1, 0.15) is 31.7 Å². The molecule has 1 rings (SSSR count). The highest BCUT2D eigenvalue weighted by atomic mass is 35.5. The Labute approximate surface area is 120 Å². The summed E-state index contributed by atoms with van der Waals surface area (Å²) in [4.78, 5) is 0. The molecule has 0 amide bonds. The first-order chi connectivity index (χ1) is 8.89. The molecular formula is C12H22ClN3O2S. The molecule has 1 aromatic heterocycles. The summed E-state index contributed by atoms with van der Waals surface area (Å²) in [5.41, 5.74) is 1.89. The van der Waals surface area contributed by atoms with Crippen molar-refractivity contribution in [3.8, 4) is 0 Å². The van der Waals surface area contributed by atoms with Crippen molar-refractivity contribution in [2.75, 3.05) is 18.6 Å². The second-order valence-electron chi connectivity index (χ2n) is 4.54. The molecule has 110 valence electrons. The molecular weight excluding hydrogens is 286 g/mol. The second kappa shape index (κ2) is 7.26. The molecule has 0 radical (unpaired) electrons. The Balaban J connectivity index is 2.51. The van der Waals surface area contributed by atoms with Gasteiger partial charge in [0, 0.05) is 19.3 Å². The molecule has 0 atom stereocenters. The summed E-state index contributed by atoms with van der Waals surface area (Å²) in [6.45, 7) is 6.09. The zero-order valence-corrected chi connectivity index (χ0v) is 13.3. The van der Waals surface area contributed by atoms with Gasteiger partial charge in [0.25, 0.3) is 0 Å². The monoisotopic (exact) mass is 307 g/mol. The molecule has 1 aromatic rings. The van der Waals surface area contributed by atoms with Crippen LogP contribution in [0.3, 0.4) is 0 Å². The largest absolute Gasteiger partial charge is 0.311 e. The maximum atomic E-state index is 11.0. The number of sulfone groups is 1. The van der Waals surface area contributed by atoms with Gasteiger partial charge in [-0.05, 0) is 26.3 Å². The number of halogens is 1. The Morgan fingerprint density at radius 3 is 2.58 bits per heavy atom. The van der Waals surface area contributed by atoms with E-state index in [-0.39, 0.29) is 5.75 Å². The summed E-state index contributed by atoms with van der Waals surface area (Å²) < 4.78 is 23.9. The fraction of sp³-hybridized carbons (Fsp3) is 0.750. The molecule has 1 heterocycles. The predicted molar refractivity (Wildman–Crippen MR) is 78.3 cm³/mol. The van der Waals surface area contributed by atoms with E-state index in [9.17, 15) is 8.42 Å². The van der Waals surface area contributed by atoms with Crippen LogP contribution in [0, 0.1) is 0 Å². The van der Waals surface area contributed by atoms with E-state index >= 15 is 0 Å². The molecule has 7 heteroatoms. The van der Waals surface area contributed by atoms with Crippen LogP contribution in [0.4, 0.5) is 0 Å². The van der Waals surface area contributed by atoms with Gasteiger partial charge in [-0.1, -0.05) is 18.5 Å². The first kappa shape index (κ1) is 16.5. The van der Waals surface area contributed by atoms with Crippen LogP contribution >= 0.6 is 11.6 Å². The van der Waals surface area contributed by atoms with Gasteiger partial charge in [-0.3, -0.25) is 4.68 Å². The first-order valence-corrected chi connectivity index (χ1v) is 8.95. The van der Waals surface area contributed by atoms with Gasteiger partial charge in [0.15, 0.2) is 0 Å². The molecule has 0 aromatic carbocycles. The average Bonchev–Trinajstić information content (AvgIpc) is 2.64. The van der Waals surface area contributed by atoms with E-state index in [1.54, 1.807) is 0 Å².